The van der Waals surface area contributed by atoms with Crippen molar-refractivity contribution in [2.24, 2.45) is 18.0 Å². The highest BCUT2D eigenvalue weighted by Crippen LogP contribution is 2.10. The highest BCUT2D eigenvalue weighted by atomic mass is 32.1. The number of aromatic nitrogens is 1. The SMILES string of the molecule is Cc1ccccc1C(=O)N[C@@H](C(=O)N=c1sccn1C)C(C)C. The van der Waals surface area contributed by atoms with Crippen molar-refractivity contribution < 1.29 is 9.59 Å². The van der Waals surface area contributed by atoms with Crippen molar-refractivity contribution in [2.45, 2.75) is 26.8 Å². The van der Waals surface area contributed by atoms with Gasteiger partial charge in [0.1, 0.15) is 6.04 Å². The van der Waals surface area contributed by atoms with E-state index in [0.29, 0.717) is 10.4 Å². The van der Waals surface area contributed by atoms with Crippen molar-refractivity contribution in [2.75, 3.05) is 0 Å². The molecule has 1 heterocycles. The molecule has 1 N–H and O–H groups in total. The molecule has 0 saturated carbocycles. The zero-order valence-corrected chi connectivity index (χ0v) is 14.6. The zero-order chi connectivity index (χ0) is 17.0. The second-order valence-corrected chi connectivity index (χ2v) is 6.63. The first-order valence-corrected chi connectivity index (χ1v) is 8.33. The Balaban J connectivity index is 2.23. The number of nitrogens with one attached hydrogen (secondary N) is 1. The molecule has 0 bridgehead atoms. The van der Waals surface area contributed by atoms with E-state index in [-0.39, 0.29) is 17.7 Å². The number of amides is 2. The molecule has 0 fully saturated rings. The molecule has 0 spiro atoms. The molecule has 6 heteroatoms. The van der Waals surface area contributed by atoms with Crippen LogP contribution in [0.25, 0.3) is 0 Å². The Morgan fingerprint density at radius 1 is 1.26 bits per heavy atom. The summed E-state index contributed by atoms with van der Waals surface area (Å²) in [4.78, 5) is 29.7. The maximum Gasteiger partial charge on any atom is 0.271 e. The molecule has 2 aromatic rings. The summed E-state index contributed by atoms with van der Waals surface area (Å²) in [5.41, 5.74) is 1.45. The largest absolute Gasteiger partial charge is 0.340 e. The Kier molecular flexibility index (Phi) is 5.50. The topological polar surface area (TPSA) is 63.5 Å². The number of nitrogens with zero attached hydrogens (tertiary/aromatic N) is 2. The lowest BCUT2D eigenvalue weighted by Gasteiger charge is -2.19. The van der Waals surface area contributed by atoms with Crippen LogP contribution in [0.2, 0.25) is 0 Å². The molecule has 1 aromatic carbocycles. The van der Waals surface area contributed by atoms with E-state index in [9.17, 15) is 9.59 Å². The number of hydrogen-bond acceptors (Lipinski definition) is 3. The average molecular weight is 331 g/mol. The standard InChI is InChI=1S/C17H21N3O2S/c1-11(2)14(16(22)19-17-20(4)9-10-23-17)18-15(21)13-8-6-5-7-12(13)3/h5-11,14H,1-4H3,(H,18,21)/t14-/m1/s1. The van der Waals surface area contributed by atoms with Gasteiger partial charge in [0.25, 0.3) is 11.8 Å². The summed E-state index contributed by atoms with van der Waals surface area (Å²) >= 11 is 1.39. The Morgan fingerprint density at radius 2 is 1.96 bits per heavy atom. The van der Waals surface area contributed by atoms with E-state index in [2.05, 4.69) is 10.3 Å². The van der Waals surface area contributed by atoms with Crippen LogP contribution in [-0.4, -0.2) is 22.4 Å². The van der Waals surface area contributed by atoms with E-state index in [1.165, 1.54) is 11.3 Å². The summed E-state index contributed by atoms with van der Waals surface area (Å²) in [7, 11) is 1.83. The third-order valence-corrected chi connectivity index (χ3v) is 4.42. The van der Waals surface area contributed by atoms with Crippen LogP contribution >= 0.6 is 11.3 Å². The number of hydrogen-bond donors (Lipinski definition) is 1. The van der Waals surface area contributed by atoms with Crippen LogP contribution in [0.5, 0.6) is 0 Å². The fraction of sp³-hybridized carbons (Fsp3) is 0.353. The predicted molar refractivity (Wildman–Crippen MR) is 91.1 cm³/mol. The second kappa shape index (κ2) is 7.37. The summed E-state index contributed by atoms with van der Waals surface area (Å²) in [6.45, 7) is 5.66. The first-order valence-electron chi connectivity index (χ1n) is 7.45. The summed E-state index contributed by atoms with van der Waals surface area (Å²) < 4.78 is 1.78. The van der Waals surface area contributed by atoms with Gasteiger partial charge in [0.05, 0.1) is 0 Å². The van der Waals surface area contributed by atoms with Crippen molar-refractivity contribution in [1.29, 1.82) is 0 Å². The van der Waals surface area contributed by atoms with Gasteiger partial charge >= 0.3 is 0 Å². The number of thiazole rings is 1. The van der Waals surface area contributed by atoms with E-state index in [1.54, 1.807) is 10.6 Å². The third-order valence-electron chi connectivity index (χ3n) is 3.57. The molecule has 0 radical (unpaired) electrons. The molecule has 2 amide bonds. The van der Waals surface area contributed by atoms with Crippen LogP contribution in [0.3, 0.4) is 0 Å². The van der Waals surface area contributed by atoms with Crippen LogP contribution in [0.15, 0.2) is 40.8 Å². The van der Waals surface area contributed by atoms with E-state index in [4.69, 9.17) is 0 Å². The number of benzene rings is 1. The Labute approximate surface area is 139 Å². The van der Waals surface area contributed by atoms with Crippen LogP contribution in [0.4, 0.5) is 0 Å². The average Bonchev–Trinajstić information content (AvgIpc) is 2.89. The third kappa shape index (κ3) is 4.16. The zero-order valence-electron chi connectivity index (χ0n) is 13.7. The minimum Gasteiger partial charge on any atom is -0.340 e. The number of rotatable bonds is 4. The van der Waals surface area contributed by atoms with Crippen LogP contribution < -0.4 is 10.1 Å². The fourth-order valence-electron chi connectivity index (χ4n) is 2.16. The second-order valence-electron chi connectivity index (χ2n) is 5.76. The smallest absolute Gasteiger partial charge is 0.271 e. The summed E-state index contributed by atoms with van der Waals surface area (Å²) in [6, 6.07) is 6.66. The molecular weight excluding hydrogens is 310 g/mol. The number of carbonyl (C=O) groups is 2. The van der Waals surface area contributed by atoms with E-state index < -0.39 is 6.04 Å². The Hall–Kier alpha value is -2.21. The lowest BCUT2D eigenvalue weighted by Crippen LogP contribution is -2.44. The van der Waals surface area contributed by atoms with Gasteiger partial charge in [0, 0.05) is 24.2 Å². The van der Waals surface area contributed by atoms with Crippen molar-refractivity contribution >= 4 is 23.2 Å². The monoisotopic (exact) mass is 331 g/mol. The first-order chi connectivity index (χ1) is 10.9. The molecule has 2 rings (SSSR count). The van der Waals surface area contributed by atoms with Gasteiger partial charge in [-0.1, -0.05) is 32.0 Å². The van der Waals surface area contributed by atoms with Gasteiger partial charge in [-0.3, -0.25) is 9.59 Å². The summed E-state index contributed by atoms with van der Waals surface area (Å²) in [5, 5.41) is 4.68. The first kappa shape index (κ1) is 17.1. The molecule has 0 aliphatic rings. The normalized spacial score (nSPS) is 13.2. The van der Waals surface area contributed by atoms with Gasteiger partial charge in [-0.25, -0.2) is 0 Å². The van der Waals surface area contributed by atoms with Gasteiger partial charge < -0.3 is 9.88 Å². The van der Waals surface area contributed by atoms with Crippen LogP contribution in [0, 0.1) is 12.8 Å². The highest BCUT2D eigenvalue weighted by molar-refractivity contribution is 7.07. The maximum atomic E-state index is 12.5. The lowest BCUT2D eigenvalue weighted by molar-refractivity contribution is -0.120. The van der Waals surface area contributed by atoms with Crippen molar-refractivity contribution in [1.82, 2.24) is 9.88 Å². The van der Waals surface area contributed by atoms with Crippen molar-refractivity contribution in [3.63, 3.8) is 0 Å². The highest BCUT2D eigenvalue weighted by Gasteiger charge is 2.25. The molecule has 5 nitrogen and oxygen atoms in total. The molecule has 1 aromatic heterocycles. The van der Waals surface area contributed by atoms with Crippen LogP contribution in [0.1, 0.15) is 29.8 Å². The Morgan fingerprint density at radius 3 is 2.52 bits per heavy atom. The molecule has 23 heavy (non-hydrogen) atoms. The fourth-order valence-corrected chi connectivity index (χ4v) is 2.89. The van der Waals surface area contributed by atoms with Gasteiger partial charge in [-0.05, 0) is 24.5 Å². The molecule has 0 saturated heterocycles. The van der Waals surface area contributed by atoms with Gasteiger partial charge in [-0.15, -0.1) is 11.3 Å². The molecule has 122 valence electrons. The molecule has 1 atom stereocenters. The number of aryl methyl sites for hydroxylation is 2. The van der Waals surface area contributed by atoms with Gasteiger partial charge in [-0.2, -0.15) is 4.99 Å². The minimum atomic E-state index is -0.649. The van der Waals surface area contributed by atoms with Crippen molar-refractivity contribution in [3.8, 4) is 0 Å². The van der Waals surface area contributed by atoms with E-state index in [0.717, 1.165) is 5.56 Å². The lowest BCUT2D eigenvalue weighted by atomic mass is 10.0. The van der Waals surface area contributed by atoms with Crippen molar-refractivity contribution in [3.05, 3.63) is 51.8 Å². The maximum absolute atomic E-state index is 12.5. The molecule has 0 aliphatic carbocycles. The molecular formula is C17H21N3O2S. The summed E-state index contributed by atoms with van der Waals surface area (Å²) in [5.74, 6) is -0.634. The van der Waals surface area contributed by atoms with Gasteiger partial charge in [0.2, 0.25) is 0 Å². The predicted octanol–water partition coefficient (Wildman–Crippen LogP) is 2.28. The Bertz CT molecular complexity index is 774. The minimum absolute atomic E-state index is 0.0514. The van der Waals surface area contributed by atoms with E-state index >= 15 is 0 Å². The quantitative estimate of drug-likeness (QED) is 0.934. The number of carbonyl (C=O) groups excluding carboxylic acids is 2. The van der Waals surface area contributed by atoms with E-state index in [1.807, 2.05) is 57.6 Å². The van der Waals surface area contributed by atoms with Crippen LogP contribution in [-0.2, 0) is 11.8 Å². The molecule has 0 unspecified atom stereocenters. The van der Waals surface area contributed by atoms with Gasteiger partial charge in [0.15, 0.2) is 4.80 Å². The summed E-state index contributed by atoms with van der Waals surface area (Å²) in [6.07, 6.45) is 1.84. The molecule has 0 aliphatic heterocycles.